The number of hydrogen-bond donors (Lipinski definition) is 2. The van der Waals surface area contributed by atoms with Crippen LogP contribution in [0, 0.1) is 5.82 Å². The zero-order chi connectivity index (χ0) is 33.9. The summed E-state index contributed by atoms with van der Waals surface area (Å²) in [4.78, 5) is 45.6. The molecule has 14 heteroatoms. The van der Waals surface area contributed by atoms with Gasteiger partial charge in [0.1, 0.15) is 18.0 Å². The van der Waals surface area contributed by atoms with Crippen molar-refractivity contribution in [2.45, 2.75) is 64.8 Å². The van der Waals surface area contributed by atoms with Crippen molar-refractivity contribution in [3.8, 4) is 0 Å². The third kappa shape index (κ3) is 8.43. The molecule has 5 rings (SSSR count). The average Bonchev–Trinajstić information content (AvgIpc) is 3.35. The Morgan fingerprint density at radius 2 is 1.64 bits per heavy atom. The number of hydrogen-bond acceptors (Lipinski definition) is 7. The van der Waals surface area contributed by atoms with Gasteiger partial charge >= 0.3 is 12.1 Å². The fourth-order valence-corrected chi connectivity index (χ4v) is 5.41. The molecule has 3 heterocycles. The van der Waals surface area contributed by atoms with E-state index in [9.17, 15) is 31.9 Å². The van der Waals surface area contributed by atoms with Crippen LogP contribution in [0.4, 0.5) is 34.6 Å². The molecule has 0 spiro atoms. The lowest BCUT2D eigenvalue weighted by Crippen LogP contribution is -2.30. The minimum Gasteiger partial charge on any atom is -0.460 e. The molecule has 2 aromatic heterocycles. The van der Waals surface area contributed by atoms with Gasteiger partial charge in [0.2, 0.25) is 0 Å². The first-order chi connectivity index (χ1) is 22.2. The highest BCUT2D eigenvalue weighted by atomic mass is 19.4. The van der Waals surface area contributed by atoms with E-state index < -0.39 is 41.9 Å². The molecule has 0 saturated carbocycles. The van der Waals surface area contributed by atoms with Gasteiger partial charge in [0, 0.05) is 36.7 Å². The first-order valence-electron chi connectivity index (χ1n) is 15.1. The number of nitrogens with zero attached hydrogens (tertiary/aromatic N) is 4. The predicted molar refractivity (Wildman–Crippen MR) is 168 cm³/mol. The second-order valence-electron chi connectivity index (χ2n) is 12.3. The molecule has 0 atom stereocenters. The standard InChI is InChI=1S/C33H34F4N6O4/c1-32(2,3)47-28(44)17-21-15-22(34)8-9-24(21)39-30(45)20-7-10-27(42-13-5-4-6-14-42)25(16-20)40-31(46)29-23-18-38-12-11-26(23)43(41-29)19-33(35,36)37/h7-12,15-16,18H,4-6,13-14,17,19H2,1-3H3,(H,39,45)(H,40,46). The third-order valence-corrected chi connectivity index (χ3v) is 7.37. The van der Waals surface area contributed by atoms with Crippen molar-refractivity contribution < 1.29 is 36.7 Å². The summed E-state index contributed by atoms with van der Waals surface area (Å²) < 4.78 is 60.0. The van der Waals surface area contributed by atoms with E-state index in [1.165, 1.54) is 30.6 Å². The number of anilines is 3. The number of fused-ring (bicyclic) bond motifs is 1. The Labute approximate surface area is 268 Å². The Balaban J connectivity index is 1.45. The molecule has 2 aromatic carbocycles. The molecule has 47 heavy (non-hydrogen) atoms. The molecular weight excluding hydrogens is 620 g/mol. The van der Waals surface area contributed by atoms with E-state index in [4.69, 9.17) is 4.74 Å². The molecule has 1 fully saturated rings. The fourth-order valence-electron chi connectivity index (χ4n) is 5.41. The van der Waals surface area contributed by atoms with Gasteiger partial charge in [0.05, 0.1) is 28.7 Å². The second kappa shape index (κ2) is 13.4. The highest BCUT2D eigenvalue weighted by molar-refractivity contribution is 6.13. The minimum atomic E-state index is -4.57. The van der Waals surface area contributed by atoms with Gasteiger partial charge in [0.15, 0.2) is 5.69 Å². The largest absolute Gasteiger partial charge is 0.460 e. The highest BCUT2D eigenvalue weighted by Gasteiger charge is 2.31. The van der Waals surface area contributed by atoms with Crippen LogP contribution in [0.1, 0.15) is 66.4 Å². The van der Waals surface area contributed by atoms with Crippen molar-refractivity contribution in [3.63, 3.8) is 0 Å². The van der Waals surface area contributed by atoms with Crippen molar-refractivity contribution in [2.24, 2.45) is 0 Å². The lowest BCUT2D eigenvalue weighted by Gasteiger charge is -2.30. The number of aromatic nitrogens is 3. The van der Waals surface area contributed by atoms with E-state index >= 15 is 0 Å². The second-order valence-corrected chi connectivity index (χ2v) is 12.3. The maximum atomic E-state index is 14.1. The summed E-state index contributed by atoms with van der Waals surface area (Å²) in [6.07, 6.45) is 0.599. The molecule has 4 aromatic rings. The Hall–Kier alpha value is -5.01. The number of halogens is 4. The Morgan fingerprint density at radius 3 is 2.34 bits per heavy atom. The minimum absolute atomic E-state index is 0.0911. The number of alkyl halides is 3. The zero-order valence-electron chi connectivity index (χ0n) is 26.1. The number of esters is 1. The Morgan fingerprint density at radius 1 is 0.915 bits per heavy atom. The van der Waals surface area contributed by atoms with Crippen molar-refractivity contribution in [3.05, 3.63) is 77.5 Å². The lowest BCUT2D eigenvalue weighted by molar-refractivity contribution is -0.154. The van der Waals surface area contributed by atoms with Crippen LogP contribution in [0.5, 0.6) is 0 Å². The van der Waals surface area contributed by atoms with Gasteiger partial charge in [-0.1, -0.05) is 0 Å². The van der Waals surface area contributed by atoms with Crippen LogP contribution >= 0.6 is 0 Å². The normalized spacial score (nSPS) is 13.8. The van der Waals surface area contributed by atoms with E-state index in [0.717, 1.165) is 31.4 Å². The maximum Gasteiger partial charge on any atom is 0.408 e. The number of carbonyl (C=O) groups is 3. The Kier molecular flexibility index (Phi) is 9.50. The van der Waals surface area contributed by atoms with Gasteiger partial charge in [-0.3, -0.25) is 24.0 Å². The first kappa shape index (κ1) is 33.4. The molecular formula is C33H34F4N6O4. The summed E-state index contributed by atoms with van der Waals surface area (Å²) in [6, 6.07) is 9.70. The number of amides is 2. The van der Waals surface area contributed by atoms with Gasteiger partial charge in [-0.2, -0.15) is 18.3 Å². The van der Waals surface area contributed by atoms with E-state index in [1.54, 1.807) is 32.9 Å². The number of carbonyl (C=O) groups excluding carboxylic acids is 3. The summed E-state index contributed by atoms with van der Waals surface area (Å²) in [5, 5.41) is 9.58. The monoisotopic (exact) mass is 654 g/mol. The molecule has 0 aliphatic carbocycles. The van der Waals surface area contributed by atoms with Gasteiger partial charge < -0.3 is 20.3 Å². The third-order valence-electron chi connectivity index (χ3n) is 7.37. The SMILES string of the molecule is CC(C)(C)OC(=O)Cc1cc(F)ccc1NC(=O)c1ccc(N2CCCCC2)c(NC(=O)c2nn(CC(F)(F)F)c3ccncc23)c1. The van der Waals surface area contributed by atoms with Gasteiger partial charge in [-0.05, 0) is 88.1 Å². The van der Waals surface area contributed by atoms with Crippen LogP contribution in [0.25, 0.3) is 10.9 Å². The number of ether oxygens (including phenoxy) is 1. The van der Waals surface area contributed by atoms with Crippen LogP contribution in [0.3, 0.4) is 0 Å². The molecule has 2 N–H and O–H groups in total. The van der Waals surface area contributed by atoms with E-state index in [2.05, 4.69) is 25.6 Å². The summed E-state index contributed by atoms with van der Waals surface area (Å²) in [7, 11) is 0. The summed E-state index contributed by atoms with van der Waals surface area (Å²) in [5.74, 6) is -2.59. The van der Waals surface area contributed by atoms with Gasteiger partial charge in [-0.25, -0.2) is 4.39 Å². The molecule has 1 aliphatic rings. The van der Waals surface area contributed by atoms with E-state index in [1.807, 2.05) is 0 Å². The van der Waals surface area contributed by atoms with Crippen molar-refractivity contribution in [1.82, 2.24) is 14.8 Å². The Bertz CT molecular complexity index is 1810. The average molecular weight is 655 g/mol. The van der Waals surface area contributed by atoms with E-state index in [-0.39, 0.29) is 45.5 Å². The fraction of sp³-hybridized carbons (Fsp3) is 0.364. The van der Waals surface area contributed by atoms with Crippen LogP contribution in [0.15, 0.2) is 54.9 Å². The zero-order valence-corrected chi connectivity index (χ0v) is 26.1. The first-order valence-corrected chi connectivity index (χ1v) is 15.1. The van der Waals surface area contributed by atoms with Crippen molar-refractivity contribution in [1.29, 1.82) is 0 Å². The molecule has 0 radical (unpaired) electrons. The molecule has 248 valence electrons. The maximum absolute atomic E-state index is 14.1. The summed E-state index contributed by atoms with van der Waals surface area (Å²) in [6.45, 7) is 5.12. The topological polar surface area (TPSA) is 118 Å². The van der Waals surface area contributed by atoms with Crippen LogP contribution < -0.4 is 15.5 Å². The van der Waals surface area contributed by atoms with Crippen LogP contribution in [0.2, 0.25) is 0 Å². The molecule has 1 saturated heterocycles. The van der Waals surface area contributed by atoms with Gasteiger partial charge in [0.25, 0.3) is 11.8 Å². The molecule has 2 amide bonds. The molecule has 0 bridgehead atoms. The predicted octanol–water partition coefficient (Wildman–Crippen LogP) is 6.51. The number of benzene rings is 2. The number of rotatable bonds is 8. The van der Waals surface area contributed by atoms with Crippen LogP contribution in [-0.2, 0) is 22.5 Å². The highest BCUT2D eigenvalue weighted by Crippen LogP contribution is 2.32. The van der Waals surface area contributed by atoms with Crippen LogP contribution in [-0.4, -0.2) is 57.4 Å². The quantitative estimate of drug-likeness (QED) is 0.164. The smallest absolute Gasteiger partial charge is 0.408 e. The number of pyridine rings is 1. The summed E-state index contributed by atoms with van der Waals surface area (Å²) in [5.41, 5.74) is 0.484. The lowest BCUT2D eigenvalue weighted by atomic mass is 10.1. The molecule has 0 unspecified atom stereocenters. The summed E-state index contributed by atoms with van der Waals surface area (Å²) >= 11 is 0. The number of piperidine rings is 1. The van der Waals surface area contributed by atoms with E-state index in [0.29, 0.717) is 23.5 Å². The van der Waals surface area contributed by atoms with Crippen molar-refractivity contribution in [2.75, 3.05) is 28.6 Å². The molecule has 1 aliphatic heterocycles. The van der Waals surface area contributed by atoms with Crippen molar-refractivity contribution >= 4 is 45.7 Å². The number of nitrogens with one attached hydrogen (secondary N) is 2. The molecule has 10 nitrogen and oxygen atoms in total. The van der Waals surface area contributed by atoms with Gasteiger partial charge in [-0.15, -0.1) is 0 Å².